The summed E-state index contributed by atoms with van der Waals surface area (Å²) < 4.78 is 13.1. The molecule has 0 aromatic heterocycles. The molecule has 70 valence electrons. The van der Waals surface area contributed by atoms with Gasteiger partial charge in [-0.25, -0.2) is 4.39 Å². The van der Waals surface area contributed by atoms with Crippen molar-refractivity contribution in [3.63, 3.8) is 0 Å². The highest BCUT2D eigenvalue weighted by molar-refractivity contribution is 5.40. The van der Waals surface area contributed by atoms with E-state index in [2.05, 4.69) is 6.58 Å². The Bertz CT molecular complexity index is 336. The first-order valence-corrected chi connectivity index (χ1v) is 3.93. The van der Waals surface area contributed by atoms with Gasteiger partial charge in [0.25, 0.3) is 0 Å². The average Bonchev–Trinajstić information content (AvgIpc) is 2.10. The van der Waals surface area contributed by atoms with Crippen molar-refractivity contribution in [1.82, 2.24) is 0 Å². The Kier molecular flexibility index (Phi) is 2.68. The molecule has 0 fully saturated rings. The maximum absolute atomic E-state index is 13.1. The highest BCUT2D eigenvalue weighted by Crippen LogP contribution is 2.26. The van der Waals surface area contributed by atoms with E-state index in [1.807, 2.05) is 0 Å². The van der Waals surface area contributed by atoms with Crippen molar-refractivity contribution >= 4 is 0 Å². The van der Waals surface area contributed by atoms with Crippen molar-refractivity contribution in [2.45, 2.75) is 13.0 Å². The fourth-order valence-electron chi connectivity index (χ4n) is 1.08. The Balaban J connectivity index is 3.22. The monoisotopic (exact) mass is 181 g/mol. The number of rotatable bonds is 2. The molecule has 0 spiro atoms. The number of benzene rings is 1. The number of aromatic hydroxyl groups is 1. The lowest BCUT2D eigenvalue weighted by Crippen LogP contribution is -2.07. The number of hydrogen-bond donors (Lipinski definition) is 2. The molecule has 1 aromatic carbocycles. The molecule has 0 saturated carbocycles. The first-order chi connectivity index (χ1) is 6.06. The van der Waals surface area contributed by atoms with Crippen LogP contribution in [0, 0.1) is 12.7 Å². The molecule has 0 aliphatic carbocycles. The molecule has 0 saturated heterocycles. The van der Waals surface area contributed by atoms with Gasteiger partial charge in [0, 0.05) is 5.56 Å². The van der Waals surface area contributed by atoms with Gasteiger partial charge < -0.3 is 10.8 Å². The van der Waals surface area contributed by atoms with Crippen LogP contribution in [0.15, 0.2) is 24.8 Å². The minimum atomic E-state index is -0.532. The lowest BCUT2D eigenvalue weighted by Gasteiger charge is -2.10. The van der Waals surface area contributed by atoms with Crippen LogP contribution < -0.4 is 5.73 Å². The summed E-state index contributed by atoms with van der Waals surface area (Å²) >= 11 is 0. The number of aryl methyl sites for hydroxylation is 1. The smallest absolute Gasteiger partial charge is 0.126 e. The average molecular weight is 181 g/mol. The van der Waals surface area contributed by atoms with Crippen molar-refractivity contribution in [1.29, 1.82) is 0 Å². The Morgan fingerprint density at radius 3 is 2.77 bits per heavy atom. The van der Waals surface area contributed by atoms with Gasteiger partial charge in [-0.15, -0.1) is 6.58 Å². The molecule has 3 N–H and O–H groups in total. The molecule has 0 heterocycles. The van der Waals surface area contributed by atoms with Gasteiger partial charge in [-0.2, -0.15) is 0 Å². The van der Waals surface area contributed by atoms with E-state index in [-0.39, 0.29) is 11.6 Å². The van der Waals surface area contributed by atoms with Crippen LogP contribution in [0.5, 0.6) is 5.75 Å². The molecular formula is C10H12FNO. The summed E-state index contributed by atoms with van der Waals surface area (Å²) in [6, 6.07) is 2.06. The van der Waals surface area contributed by atoms with Crippen molar-refractivity contribution in [2.24, 2.45) is 5.73 Å². The molecule has 1 rings (SSSR count). The fourth-order valence-corrected chi connectivity index (χ4v) is 1.08. The summed E-state index contributed by atoms with van der Waals surface area (Å²) in [6.45, 7) is 5.05. The standard InChI is InChI=1S/C10H12FNO/c1-3-9(12)7-5-8(11)6(2)4-10(7)13/h3-5,9,13H,1,12H2,2H3/t9-/m0/s1. The second-order valence-corrected chi connectivity index (χ2v) is 2.92. The van der Waals surface area contributed by atoms with Gasteiger partial charge in [0.05, 0.1) is 6.04 Å². The van der Waals surface area contributed by atoms with Gasteiger partial charge in [-0.3, -0.25) is 0 Å². The number of phenols is 1. The molecule has 2 nitrogen and oxygen atoms in total. The van der Waals surface area contributed by atoms with Gasteiger partial charge in [0.2, 0.25) is 0 Å². The highest BCUT2D eigenvalue weighted by atomic mass is 19.1. The summed E-state index contributed by atoms with van der Waals surface area (Å²) in [5.41, 5.74) is 6.33. The molecule has 13 heavy (non-hydrogen) atoms. The molecule has 0 radical (unpaired) electrons. The van der Waals surface area contributed by atoms with Gasteiger partial charge in [0.1, 0.15) is 11.6 Å². The Morgan fingerprint density at radius 1 is 1.62 bits per heavy atom. The highest BCUT2D eigenvalue weighted by Gasteiger charge is 2.10. The molecular weight excluding hydrogens is 169 g/mol. The van der Waals surface area contributed by atoms with Crippen molar-refractivity contribution in [3.8, 4) is 5.75 Å². The van der Waals surface area contributed by atoms with Gasteiger partial charge in [0.15, 0.2) is 0 Å². The predicted octanol–water partition coefficient (Wildman–Crippen LogP) is 2.03. The number of nitrogens with two attached hydrogens (primary N) is 1. The Hall–Kier alpha value is -1.35. The van der Waals surface area contributed by atoms with Crippen molar-refractivity contribution in [2.75, 3.05) is 0 Å². The van der Waals surface area contributed by atoms with Gasteiger partial charge in [-0.05, 0) is 24.6 Å². The number of halogens is 1. The summed E-state index contributed by atoms with van der Waals surface area (Å²) in [5, 5.41) is 9.42. The van der Waals surface area contributed by atoms with Crippen LogP contribution in [0.1, 0.15) is 17.2 Å². The van der Waals surface area contributed by atoms with Crippen LogP contribution in [-0.2, 0) is 0 Å². The van der Waals surface area contributed by atoms with E-state index in [0.717, 1.165) is 0 Å². The predicted molar refractivity (Wildman–Crippen MR) is 49.9 cm³/mol. The molecule has 1 aromatic rings. The molecule has 0 unspecified atom stereocenters. The summed E-state index contributed by atoms with van der Waals surface area (Å²) in [7, 11) is 0. The normalized spacial score (nSPS) is 12.5. The first kappa shape index (κ1) is 9.74. The van der Waals surface area contributed by atoms with Gasteiger partial charge in [-0.1, -0.05) is 6.08 Å². The molecule has 0 aliphatic heterocycles. The molecule has 3 heteroatoms. The lowest BCUT2D eigenvalue weighted by molar-refractivity contribution is 0.462. The van der Waals surface area contributed by atoms with E-state index >= 15 is 0 Å². The second kappa shape index (κ2) is 3.58. The minimum Gasteiger partial charge on any atom is -0.508 e. The van der Waals surface area contributed by atoms with Crippen LogP contribution in [-0.4, -0.2) is 5.11 Å². The van der Waals surface area contributed by atoms with Crippen LogP contribution >= 0.6 is 0 Å². The van der Waals surface area contributed by atoms with E-state index in [9.17, 15) is 9.50 Å². The fraction of sp³-hybridized carbons (Fsp3) is 0.200. The maximum atomic E-state index is 13.1. The summed E-state index contributed by atoms with van der Waals surface area (Å²) in [5.74, 6) is -0.364. The topological polar surface area (TPSA) is 46.2 Å². The molecule has 0 amide bonds. The minimum absolute atomic E-state index is 0.00583. The third kappa shape index (κ3) is 1.87. The zero-order valence-corrected chi connectivity index (χ0v) is 7.42. The van der Waals surface area contributed by atoms with Crippen LogP contribution in [0.25, 0.3) is 0 Å². The quantitative estimate of drug-likeness (QED) is 0.686. The number of hydrogen-bond acceptors (Lipinski definition) is 2. The van der Waals surface area contributed by atoms with E-state index in [1.165, 1.54) is 18.2 Å². The van der Waals surface area contributed by atoms with Crippen LogP contribution in [0.3, 0.4) is 0 Å². The molecule has 0 aliphatic rings. The van der Waals surface area contributed by atoms with E-state index in [4.69, 9.17) is 5.73 Å². The zero-order valence-electron chi connectivity index (χ0n) is 7.42. The Morgan fingerprint density at radius 2 is 2.23 bits per heavy atom. The lowest BCUT2D eigenvalue weighted by atomic mass is 10.0. The van der Waals surface area contributed by atoms with Gasteiger partial charge >= 0.3 is 0 Å². The van der Waals surface area contributed by atoms with Crippen LogP contribution in [0.2, 0.25) is 0 Å². The second-order valence-electron chi connectivity index (χ2n) is 2.92. The third-order valence-electron chi connectivity index (χ3n) is 1.92. The summed E-state index contributed by atoms with van der Waals surface area (Å²) in [4.78, 5) is 0. The molecule has 1 atom stereocenters. The first-order valence-electron chi connectivity index (χ1n) is 3.93. The van der Waals surface area contributed by atoms with Crippen molar-refractivity contribution in [3.05, 3.63) is 41.7 Å². The van der Waals surface area contributed by atoms with E-state index < -0.39 is 6.04 Å². The Labute approximate surface area is 76.5 Å². The largest absolute Gasteiger partial charge is 0.508 e. The SMILES string of the molecule is C=C[C@H](N)c1cc(F)c(C)cc1O. The van der Waals surface area contributed by atoms with E-state index in [1.54, 1.807) is 6.92 Å². The van der Waals surface area contributed by atoms with Crippen molar-refractivity contribution < 1.29 is 9.50 Å². The maximum Gasteiger partial charge on any atom is 0.126 e. The van der Waals surface area contributed by atoms with Crippen LogP contribution in [0.4, 0.5) is 4.39 Å². The third-order valence-corrected chi connectivity index (χ3v) is 1.92. The zero-order chi connectivity index (χ0) is 10.0. The number of phenolic OH excluding ortho intramolecular Hbond substituents is 1. The summed E-state index contributed by atoms with van der Waals surface area (Å²) in [6.07, 6.45) is 1.45. The molecule has 0 bridgehead atoms. The van der Waals surface area contributed by atoms with E-state index in [0.29, 0.717) is 11.1 Å².